The number of aromatic nitrogens is 2. The standard InChI is InChI=1S/C25H25FN4O3S/c1-15-21(24-28-23(29-33-24)17-5-9-18(26)10-6-17)22(16-7-11-19(31-2)12-8-16)27-25(34)30(15)14-20-4-3-13-32-20/h5-12,20,22H,3-4,13-14H2,1-2H3,(H,27,34). The lowest BCUT2D eigenvalue weighted by Gasteiger charge is -2.38. The quantitative estimate of drug-likeness (QED) is 0.508. The molecule has 2 aliphatic rings. The van der Waals surface area contributed by atoms with E-state index in [1.807, 2.05) is 36.1 Å². The van der Waals surface area contributed by atoms with Gasteiger partial charge in [-0.05, 0) is 73.9 Å². The molecule has 0 aliphatic carbocycles. The van der Waals surface area contributed by atoms with Crippen molar-refractivity contribution in [3.05, 3.63) is 71.5 Å². The zero-order valence-electron chi connectivity index (χ0n) is 19.0. The minimum atomic E-state index is -0.319. The molecule has 0 bridgehead atoms. The fourth-order valence-electron chi connectivity index (χ4n) is 4.37. The van der Waals surface area contributed by atoms with Gasteiger partial charge in [0.05, 0.1) is 31.4 Å². The van der Waals surface area contributed by atoms with E-state index in [2.05, 4.69) is 15.5 Å². The van der Waals surface area contributed by atoms with Gasteiger partial charge in [-0.1, -0.05) is 17.3 Å². The lowest BCUT2D eigenvalue weighted by molar-refractivity contribution is 0.0962. The van der Waals surface area contributed by atoms with Gasteiger partial charge in [0.1, 0.15) is 11.6 Å². The molecule has 1 fully saturated rings. The molecule has 9 heteroatoms. The van der Waals surface area contributed by atoms with Crippen LogP contribution in [-0.4, -0.2) is 46.5 Å². The summed E-state index contributed by atoms with van der Waals surface area (Å²) in [5.41, 5.74) is 3.41. The monoisotopic (exact) mass is 480 g/mol. The normalized spacial score (nSPS) is 20.6. The van der Waals surface area contributed by atoms with Crippen LogP contribution in [0.2, 0.25) is 0 Å². The number of hydrogen-bond donors (Lipinski definition) is 1. The number of rotatable bonds is 6. The first-order valence-corrected chi connectivity index (χ1v) is 11.6. The molecule has 176 valence electrons. The molecular formula is C25H25FN4O3S. The highest BCUT2D eigenvalue weighted by atomic mass is 32.1. The Labute approximate surface area is 202 Å². The van der Waals surface area contributed by atoms with Crippen molar-refractivity contribution in [3.8, 4) is 17.1 Å². The number of allylic oxidation sites excluding steroid dienone is 1. The Morgan fingerprint density at radius 3 is 2.62 bits per heavy atom. The second-order valence-corrected chi connectivity index (χ2v) is 8.72. The predicted molar refractivity (Wildman–Crippen MR) is 129 cm³/mol. The van der Waals surface area contributed by atoms with Gasteiger partial charge in [-0.2, -0.15) is 4.98 Å². The van der Waals surface area contributed by atoms with Gasteiger partial charge < -0.3 is 24.2 Å². The lowest BCUT2D eigenvalue weighted by atomic mass is 9.94. The molecule has 2 unspecified atom stereocenters. The molecule has 2 aliphatic heterocycles. The zero-order chi connectivity index (χ0) is 23.7. The molecule has 2 aromatic carbocycles. The van der Waals surface area contributed by atoms with Crippen molar-refractivity contribution in [1.29, 1.82) is 0 Å². The molecule has 0 amide bonds. The second-order valence-electron chi connectivity index (χ2n) is 8.33. The lowest BCUT2D eigenvalue weighted by Crippen LogP contribution is -2.48. The number of ether oxygens (including phenoxy) is 2. The molecule has 1 aromatic heterocycles. The fourth-order valence-corrected chi connectivity index (χ4v) is 4.69. The summed E-state index contributed by atoms with van der Waals surface area (Å²) in [5.74, 6) is 1.22. The van der Waals surface area contributed by atoms with Gasteiger partial charge in [-0.25, -0.2) is 4.39 Å². The summed E-state index contributed by atoms with van der Waals surface area (Å²) >= 11 is 5.76. The third kappa shape index (κ3) is 4.41. The van der Waals surface area contributed by atoms with Crippen LogP contribution in [0.1, 0.15) is 37.3 Å². The molecule has 3 aromatic rings. The minimum Gasteiger partial charge on any atom is -0.497 e. The van der Waals surface area contributed by atoms with Crippen molar-refractivity contribution in [2.75, 3.05) is 20.3 Å². The first kappa shape index (κ1) is 22.5. The molecule has 5 rings (SSSR count). The number of benzene rings is 2. The third-order valence-corrected chi connectivity index (χ3v) is 6.55. The van der Waals surface area contributed by atoms with Crippen molar-refractivity contribution in [1.82, 2.24) is 20.4 Å². The van der Waals surface area contributed by atoms with Crippen LogP contribution in [0.4, 0.5) is 4.39 Å². The molecule has 0 radical (unpaired) electrons. The van der Waals surface area contributed by atoms with E-state index in [-0.39, 0.29) is 18.0 Å². The van der Waals surface area contributed by atoms with Gasteiger partial charge in [0.2, 0.25) is 5.82 Å². The number of methoxy groups -OCH3 is 1. The van der Waals surface area contributed by atoms with E-state index >= 15 is 0 Å². The average molecular weight is 481 g/mol. The predicted octanol–water partition coefficient (Wildman–Crippen LogP) is 4.73. The van der Waals surface area contributed by atoms with Crippen molar-refractivity contribution < 1.29 is 18.4 Å². The van der Waals surface area contributed by atoms with Crippen LogP contribution >= 0.6 is 12.2 Å². The molecule has 2 atom stereocenters. The fraction of sp³-hybridized carbons (Fsp3) is 0.320. The van der Waals surface area contributed by atoms with Gasteiger partial charge in [0.15, 0.2) is 5.11 Å². The maximum absolute atomic E-state index is 13.4. The Hall–Kier alpha value is -3.30. The SMILES string of the molecule is COc1ccc(C2NC(=S)N(CC3CCCO3)C(C)=C2c2nc(-c3ccc(F)cc3)no2)cc1. The van der Waals surface area contributed by atoms with E-state index in [1.165, 1.54) is 12.1 Å². The van der Waals surface area contributed by atoms with Crippen LogP contribution in [0.15, 0.2) is 58.8 Å². The molecule has 3 heterocycles. The summed E-state index contributed by atoms with van der Waals surface area (Å²) in [6, 6.07) is 13.5. The molecule has 34 heavy (non-hydrogen) atoms. The summed E-state index contributed by atoms with van der Waals surface area (Å²) < 4.78 is 30.3. The minimum absolute atomic E-state index is 0.117. The van der Waals surface area contributed by atoms with Crippen LogP contribution in [0.5, 0.6) is 5.75 Å². The molecule has 1 N–H and O–H groups in total. The van der Waals surface area contributed by atoms with E-state index in [9.17, 15) is 4.39 Å². The maximum atomic E-state index is 13.4. The molecule has 0 saturated carbocycles. The molecule has 7 nitrogen and oxygen atoms in total. The highest BCUT2D eigenvalue weighted by Gasteiger charge is 2.35. The first-order valence-electron chi connectivity index (χ1n) is 11.2. The topological polar surface area (TPSA) is 72.7 Å². The van der Waals surface area contributed by atoms with Crippen LogP contribution in [0.25, 0.3) is 17.0 Å². The van der Waals surface area contributed by atoms with E-state index < -0.39 is 0 Å². The van der Waals surface area contributed by atoms with E-state index in [4.69, 9.17) is 26.2 Å². The van der Waals surface area contributed by atoms with Crippen molar-refractivity contribution in [2.24, 2.45) is 0 Å². The Balaban J connectivity index is 1.55. The number of nitrogens with zero attached hydrogens (tertiary/aromatic N) is 3. The van der Waals surface area contributed by atoms with Gasteiger partial charge in [-0.3, -0.25) is 0 Å². The van der Waals surface area contributed by atoms with Gasteiger partial charge in [0.25, 0.3) is 5.89 Å². The highest BCUT2D eigenvalue weighted by Crippen LogP contribution is 2.38. The van der Waals surface area contributed by atoms with Gasteiger partial charge in [-0.15, -0.1) is 0 Å². The van der Waals surface area contributed by atoms with Crippen molar-refractivity contribution in [3.63, 3.8) is 0 Å². The maximum Gasteiger partial charge on any atom is 0.258 e. The summed E-state index contributed by atoms with van der Waals surface area (Å²) in [4.78, 5) is 6.71. The number of halogens is 1. The zero-order valence-corrected chi connectivity index (χ0v) is 19.8. The van der Waals surface area contributed by atoms with Crippen LogP contribution in [-0.2, 0) is 4.74 Å². The third-order valence-electron chi connectivity index (χ3n) is 6.21. The van der Waals surface area contributed by atoms with Gasteiger partial charge in [0, 0.05) is 17.9 Å². The Bertz CT molecular complexity index is 1200. The summed E-state index contributed by atoms with van der Waals surface area (Å²) in [6.45, 7) is 3.43. The Morgan fingerprint density at radius 2 is 1.94 bits per heavy atom. The Morgan fingerprint density at radius 1 is 1.18 bits per heavy atom. The van der Waals surface area contributed by atoms with Crippen LogP contribution < -0.4 is 10.1 Å². The summed E-state index contributed by atoms with van der Waals surface area (Å²) in [7, 11) is 1.64. The van der Waals surface area contributed by atoms with E-state index in [1.54, 1.807) is 19.2 Å². The largest absolute Gasteiger partial charge is 0.497 e. The molecular weight excluding hydrogens is 455 g/mol. The second kappa shape index (κ2) is 9.52. The van der Waals surface area contributed by atoms with Crippen LogP contribution in [0.3, 0.4) is 0 Å². The number of hydrogen-bond acceptors (Lipinski definition) is 6. The summed E-state index contributed by atoms with van der Waals surface area (Å²) in [6.07, 6.45) is 2.16. The molecule has 0 spiro atoms. The summed E-state index contributed by atoms with van der Waals surface area (Å²) in [5, 5.41) is 8.24. The van der Waals surface area contributed by atoms with E-state index in [0.29, 0.717) is 28.9 Å². The van der Waals surface area contributed by atoms with Crippen molar-refractivity contribution in [2.45, 2.75) is 31.9 Å². The smallest absolute Gasteiger partial charge is 0.258 e. The highest BCUT2D eigenvalue weighted by molar-refractivity contribution is 7.80. The number of thiocarbonyl (C=S) groups is 1. The van der Waals surface area contributed by atoms with Gasteiger partial charge >= 0.3 is 0 Å². The van der Waals surface area contributed by atoms with Crippen LogP contribution in [0, 0.1) is 5.82 Å². The Kier molecular flexibility index (Phi) is 6.30. The van der Waals surface area contributed by atoms with Crippen molar-refractivity contribution >= 4 is 22.9 Å². The first-order chi connectivity index (χ1) is 16.5. The van der Waals surface area contributed by atoms with E-state index in [0.717, 1.165) is 42.0 Å². The average Bonchev–Trinajstić information content (AvgIpc) is 3.54. The molecule has 1 saturated heterocycles. The number of nitrogens with one attached hydrogen (secondary N) is 1.